The zero-order chi connectivity index (χ0) is 17.2. The molecule has 1 fully saturated rings. The van der Waals surface area contributed by atoms with E-state index in [2.05, 4.69) is 0 Å². The second-order valence-corrected chi connectivity index (χ2v) is 7.84. The second-order valence-electron chi connectivity index (χ2n) is 5.52. The molecule has 128 valence electrons. The first-order chi connectivity index (χ1) is 10.8. The van der Waals surface area contributed by atoms with Crippen LogP contribution in [-0.4, -0.2) is 43.5 Å². The number of halogens is 1. The van der Waals surface area contributed by atoms with Gasteiger partial charge in [0.25, 0.3) is 0 Å². The summed E-state index contributed by atoms with van der Waals surface area (Å²) in [4.78, 5) is 11.2. The highest BCUT2D eigenvalue weighted by Crippen LogP contribution is 2.34. The molecule has 1 atom stereocenters. The van der Waals surface area contributed by atoms with Crippen LogP contribution in [0.2, 0.25) is 5.02 Å². The molecule has 0 radical (unpaired) electrons. The Labute approximate surface area is 141 Å². The topological polar surface area (TPSA) is 83.9 Å². The fraction of sp³-hybridized carbons (Fsp3) is 0.533. The van der Waals surface area contributed by atoms with E-state index in [-0.39, 0.29) is 17.2 Å². The predicted molar refractivity (Wildman–Crippen MR) is 86.5 cm³/mol. The monoisotopic (exact) mass is 361 g/mol. The van der Waals surface area contributed by atoms with Crippen molar-refractivity contribution in [1.82, 2.24) is 4.31 Å². The van der Waals surface area contributed by atoms with Crippen LogP contribution in [0.5, 0.6) is 5.75 Å². The Bertz CT molecular complexity index is 704. The molecule has 2 rings (SSSR count). The van der Waals surface area contributed by atoms with Crippen molar-refractivity contribution in [2.45, 2.75) is 31.6 Å². The lowest BCUT2D eigenvalue weighted by atomic mass is 10.0. The summed E-state index contributed by atoms with van der Waals surface area (Å²) in [7, 11) is -3.86. The summed E-state index contributed by atoms with van der Waals surface area (Å²) in [5.74, 6) is -1.42. The molecule has 1 unspecified atom stereocenters. The summed E-state index contributed by atoms with van der Waals surface area (Å²) in [6.07, 6.45) is 0.994. The standard InChI is InChI=1S/C15H20ClNO5S/c1-3-22-13-7-10(2)12(16)8-14(13)23(20,21)17-6-4-5-11(9-17)15(18)19/h7-8,11H,3-6,9H2,1-2H3,(H,18,19). The number of ether oxygens (including phenoxy) is 1. The number of rotatable bonds is 5. The maximum absolute atomic E-state index is 12.9. The number of hydrogen-bond donors (Lipinski definition) is 1. The quantitative estimate of drug-likeness (QED) is 0.871. The van der Waals surface area contributed by atoms with Crippen LogP contribution in [0.4, 0.5) is 0 Å². The molecule has 1 heterocycles. The molecule has 1 saturated heterocycles. The molecule has 0 saturated carbocycles. The van der Waals surface area contributed by atoms with Crippen LogP contribution >= 0.6 is 11.6 Å². The summed E-state index contributed by atoms with van der Waals surface area (Å²) in [5, 5.41) is 9.48. The van der Waals surface area contributed by atoms with E-state index in [0.29, 0.717) is 31.0 Å². The fourth-order valence-electron chi connectivity index (χ4n) is 2.61. The Morgan fingerprint density at radius 2 is 2.17 bits per heavy atom. The van der Waals surface area contributed by atoms with Crippen LogP contribution in [0, 0.1) is 12.8 Å². The van der Waals surface area contributed by atoms with E-state index in [1.165, 1.54) is 10.4 Å². The first-order valence-electron chi connectivity index (χ1n) is 7.43. The molecule has 0 amide bonds. The van der Waals surface area contributed by atoms with E-state index in [1.807, 2.05) is 0 Å². The number of piperidine rings is 1. The summed E-state index contributed by atoms with van der Waals surface area (Å²) >= 11 is 6.08. The van der Waals surface area contributed by atoms with Gasteiger partial charge < -0.3 is 9.84 Å². The molecule has 1 N–H and O–H groups in total. The number of aryl methyl sites for hydroxylation is 1. The summed E-state index contributed by atoms with van der Waals surface area (Å²) in [6.45, 7) is 4.11. The third kappa shape index (κ3) is 3.79. The number of sulfonamides is 1. The molecule has 23 heavy (non-hydrogen) atoms. The van der Waals surface area contributed by atoms with E-state index in [9.17, 15) is 13.2 Å². The van der Waals surface area contributed by atoms with Gasteiger partial charge in [-0.05, 0) is 44.4 Å². The molecule has 1 aromatic carbocycles. The smallest absolute Gasteiger partial charge is 0.307 e. The number of hydrogen-bond acceptors (Lipinski definition) is 4. The minimum absolute atomic E-state index is 0.0130. The molecule has 0 spiro atoms. The van der Waals surface area contributed by atoms with Gasteiger partial charge >= 0.3 is 5.97 Å². The van der Waals surface area contributed by atoms with Crippen molar-refractivity contribution in [1.29, 1.82) is 0 Å². The number of aliphatic carboxylic acids is 1. The minimum atomic E-state index is -3.86. The minimum Gasteiger partial charge on any atom is -0.492 e. The van der Waals surface area contributed by atoms with Crippen molar-refractivity contribution < 1.29 is 23.1 Å². The Kier molecular flexibility index (Phi) is 5.54. The van der Waals surface area contributed by atoms with Crippen LogP contribution in [0.1, 0.15) is 25.3 Å². The number of benzene rings is 1. The lowest BCUT2D eigenvalue weighted by Crippen LogP contribution is -2.42. The molecule has 1 aromatic rings. The number of nitrogens with zero attached hydrogens (tertiary/aromatic N) is 1. The third-order valence-electron chi connectivity index (χ3n) is 3.88. The number of carboxylic acids is 1. The molecule has 0 bridgehead atoms. The molecule has 0 aromatic heterocycles. The maximum atomic E-state index is 12.9. The van der Waals surface area contributed by atoms with Gasteiger partial charge in [0.2, 0.25) is 10.0 Å². The van der Waals surface area contributed by atoms with Crippen molar-refractivity contribution in [3.8, 4) is 5.75 Å². The first kappa shape index (κ1) is 18.0. The van der Waals surface area contributed by atoms with Crippen LogP contribution in [0.15, 0.2) is 17.0 Å². The normalized spacial score (nSPS) is 19.5. The van der Waals surface area contributed by atoms with Crippen molar-refractivity contribution in [3.63, 3.8) is 0 Å². The highest BCUT2D eigenvalue weighted by molar-refractivity contribution is 7.89. The second kappa shape index (κ2) is 7.07. The Morgan fingerprint density at radius 3 is 2.78 bits per heavy atom. The van der Waals surface area contributed by atoms with E-state index in [4.69, 9.17) is 21.4 Å². The van der Waals surface area contributed by atoms with Gasteiger partial charge in [-0.15, -0.1) is 0 Å². The molecular weight excluding hydrogens is 342 g/mol. The Morgan fingerprint density at radius 1 is 1.48 bits per heavy atom. The van der Waals surface area contributed by atoms with Gasteiger partial charge in [0, 0.05) is 18.1 Å². The number of carboxylic acid groups (broad SMARTS) is 1. The average molecular weight is 362 g/mol. The van der Waals surface area contributed by atoms with Crippen LogP contribution in [0.3, 0.4) is 0 Å². The van der Waals surface area contributed by atoms with Crippen LogP contribution < -0.4 is 4.74 Å². The highest BCUT2D eigenvalue weighted by Gasteiger charge is 2.35. The SMILES string of the molecule is CCOc1cc(C)c(Cl)cc1S(=O)(=O)N1CCCC(C(=O)O)C1. The molecular formula is C15H20ClNO5S. The largest absolute Gasteiger partial charge is 0.492 e. The maximum Gasteiger partial charge on any atom is 0.307 e. The van der Waals surface area contributed by atoms with Gasteiger partial charge in [0.05, 0.1) is 12.5 Å². The summed E-state index contributed by atoms with van der Waals surface area (Å²) in [6, 6.07) is 2.97. The van der Waals surface area contributed by atoms with Crippen LogP contribution in [-0.2, 0) is 14.8 Å². The molecule has 1 aliphatic rings. The first-order valence-corrected chi connectivity index (χ1v) is 9.25. The van der Waals surface area contributed by atoms with Gasteiger partial charge in [0.15, 0.2) is 0 Å². The lowest BCUT2D eigenvalue weighted by molar-refractivity contribution is -0.142. The lowest BCUT2D eigenvalue weighted by Gasteiger charge is -2.30. The van der Waals surface area contributed by atoms with Crippen molar-refractivity contribution in [2.24, 2.45) is 5.92 Å². The van der Waals surface area contributed by atoms with Gasteiger partial charge in [0.1, 0.15) is 10.6 Å². The van der Waals surface area contributed by atoms with E-state index in [0.717, 1.165) is 5.56 Å². The predicted octanol–water partition coefficient (Wildman–Crippen LogP) is 2.53. The van der Waals surface area contributed by atoms with Crippen molar-refractivity contribution in [3.05, 3.63) is 22.7 Å². The van der Waals surface area contributed by atoms with Gasteiger partial charge in [-0.1, -0.05) is 11.6 Å². The van der Waals surface area contributed by atoms with Crippen molar-refractivity contribution in [2.75, 3.05) is 19.7 Å². The third-order valence-corrected chi connectivity index (χ3v) is 6.17. The summed E-state index contributed by atoms with van der Waals surface area (Å²) < 4.78 is 32.5. The molecule has 0 aliphatic carbocycles. The number of carbonyl (C=O) groups is 1. The summed E-state index contributed by atoms with van der Waals surface area (Å²) in [5.41, 5.74) is 0.719. The van der Waals surface area contributed by atoms with E-state index in [1.54, 1.807) is 19.9 Å². The average Bonchev–Trinajstić information content (AvgIpc) is 2.51. The van der Waals surface area contributed by atoms with Gasteiger partial charge in [-0.2, -0.15) is 4.31 Å². The van der Waals surface area contributed by atoms with Crippen LogP contribution in [0.25, 0.3) is 0 Å². The molecule has 6 nitrogen and oxygen atoms in total. The Hall–Kier alpha value is -1.31. The molecule has 8 heteroatoms. The van der Waals surface area contributed by atoms with E-state index >= 15 is 0 Å². The zero-order valence-electron chi connectivity index (χ0n) is 13.1. The highest BCUT2D eigenvalue weighted by atomic mass is 35.5. The van der Waals surface area contributed by atoms with Crippen molar-refractivity contribution >= 4 is 27.6 Å². The van der Waals surface area contributed by atoms with E-state index < -0.39 is 21.9 Å². The molecule has 1 aliphatic heterocycles. The fourth-order valence-corrected chi connectivity index (χ4v) is 4.50. The zero-order valence-corrected chi connectivity index (χ0v) is 14.7. The van der Waals surface area contributed by atoms with Gasteiger partial charge in [-0.3, -0.25) is 4.79 Å². The van der Waals surface area contributed by atoms with Gasteiger partial charge in [-0.25, -0.2) is 8.42 Å². The Balaban J connectivity index is 2.42.